The van der Waals surface area contributed by atoms with Crippen LogP contribution in [0.25, 0.3) is 0 Å². The average molecular weight is 333 g/mol. The van der Waals surface area contributed by atoms with E-state index in [0.29, 0.717) is 16.6 Å². The monoisotopic (exact) mass is 332 g/mol. The Labute approximate surface area is 126 Å². The van der Waals surface area contributed by atoms with Gasteiger partial charge in [0.15, 0.2) is 0 Å². The van der Waals surface area contributed by atoms with E-state index in [1.165, 1.54) is 6.07 Å². The van der Waals surface area contributed by atoms with E-state index in [9.17, 15) is 4.39 Å². The van der Waals surface area contributed by atoms with Crippen molar-refractivity contribution in [3.05, 3.63) is 69.4 Å². The van der Waals surface area contributed by atoms with Crippen molar-refractivity contribution in [1.82, 2.24) is 5.32 Å². The molecule has 0 saturated carbocycles. The smallest absolute Gasteiger partial charge is 0.137 e. The highest BCUT2D eigenvalue weighted by Crippen LogP contribution is 2.18. The van der Waals surface area contributed by atoms with Crippen molar-refractivity contribution in [1.29, 1.82) is 5.26 Å². The van der Waals surface area contributed by atoms with E-state index in [0.717, 1.165) is 11.1 Å². The van der Waals surface area contributed by atoms with Gasteiger partial charge in [-0.05, 0) is 58.2 Å². The topological polar surface area (TPSA) is 35.8 Å². The number of nitrogens with one attached hydrogen (secondary N) is 1. The molecule has 2 nitrogen and oxygen atoms in total. The van der Waals surface area contributed by atoms with Gasteiger partial charge in [0, 0.05) is 12.6 Å². The first-order valence-electron chi connectivity index (χ1n) is 6.27. The fraction of sp³-hybridized carbons (Fsp3) is 0.188. The molecule has 0 fully saturated rings. The predicted molar refractivity (Wildman–Crippen MR) is 80.5 cm³/mol. The predicted octanol–water partition coefficient (Wildman–Crippen LogP) is 4.31. The Morgan fingerprint density at radius 2 is 1.95 bits per heavy atom. The molecule has 1 atom stereocenters. The van der Waals surface area contributed by atoms with Crippen LogP contribution >= 0.6 is 15.9 Å². The molecule has 0 bridgehead atoms. The quantitative estimate of drug-likeness (QED) is 0.905. The van der Waals surface area contributed by atoms with Crippen LogP contribution in [0.15, 0.2) is 46.9 Å². The van der Waals surface area contributed by atoms with E-state index in [4.69, 9.17) is 5.26 Å². The van der Waals surface area contributed by atoms with Gasteiger partial charge in [-0.2, -0.15) is 5.26 Å². The first-order chi connectivity index (χ1) is 9.60. The highest BCUT2D eigenvalue weighted by molar-refractivity contribution is 9.10. The molecule has 102 valence electrons. The number of halogens is 2. The van der Waals surface area contributed by atoms with Crippen LogP contribution in [0.5, 0.6) is 0 Å². The van der Waals surface area contributed by atoms with Crippen LogP contribution in [0.1, 0.15) is 29.7 Å². The largest absolute Gasteiger partial charge is 0.306 e. The maximum absolute atomic E-state index is 13.1. The summed E-state index contributed by atoms with van der Waals surface area (Å²) in [4.78, 5) is 0. The standard InChI is InChI=1S/C16H14BrFN2/c1-11(14-5-2-12(9-19)3-6-14)20-10-13-4-7-16(18)15(17)8-13/h2-8,11,20H,10H2,1H3. The summed E-state index contributed by atoms with van der Waals surface area (Å²) in [6, 6.07) is 14.7. The SMILES string of the molecule is CC(NCc1ccc(F)c(Br)c1)c1ccc(C#N)cc1. The van der Waals surface area contributed by atoms with Gasteiger partial charge in [0.05, 0.1) is 16.1 Å². The number of hydrogen-bond acceptors (Lipinski definition) is 2. The van der Waals surface area contributed by atoms with Crippen molar-refractivity contribution in [2.75, 3.05) is 0 Å². The van der Waals surface area contributed by atoms with Gasteiger partial charge in [0.2, 0.25) is 0 Å². The van der Waals surface area contributed by atoms with Crippen molar-refractivity contribution in [2.24, 2.45) is 0 Å². The minimum absolute atomic E-state index is 0.159. The van der Waals surface area contributed by atoms with Crippen LogP contribution < -0.4 is 5.32 Å². The third-order valence-electron chi connectivity index (χ3n) is 3.14. The van der Waals surface area contributed by atoms with E-state index in [2.05, 4.69) is 34.2 Å². The van der Waals surface area contributed by atoms with Gasteiger partial charge in [0.25, 0.3) is 0 Å². The molecule has 0 aliphatic heterocycles. The number of nitrogens with zero attached hydrogens (tertiary/aromatic N) is 1. The first-order valence-corrected chi connectivity index (χ1v) is 7.07. The fourth-order valence-corrected chi connectivity index (χ4v) is 2.31. The molecule has 0 aromatic heterocycles. The number of nitriles is 1. The van der Waals surface area contributed by atoms with Gasteiger partial charge >= 0.3 is 0 Å². The maximum atomic E-state index is 13.1. The van der Waals surface area contributed by atoms with Crippen LogP contribution in [0.4, 0.5) is 4.39 Å². The Hall–Kier alpha value is -1.70. The number of rotatable bonds is 4. The number of hydrogen-bond donors (Lipinski definition) is 1. The van der Waals surface area contributed by atoms with Gasteiger partial charge in [0.1, 0.15) is 5.82 Å². The second-order valence-electron chi connectivity index (χ2n) is 4.58. The summed E-state index contributed by atoms with van der Waals surface area (Å²) in [5.74, 6) is -0.256. The molecule has 0 heterocycles. The van der Waals surface area contributed by atoms with Crippen molar-refractivity contribution in [3.63, 3.8) is 0 Å². The molecule has 0 aliphatic carbocycles. The normalized spacial score (nSPS) is 11.9. The Balaban J connectivity index is 1.99. The Kier molecular flexibility index (Phi) is 4.89. The van der Waals surface area contributed by atoms with Gasteiger partial charge in [-0.15, -0.1) is 0 Å². The van der Waals surface area contributed by atoms with Crippen LogP contribution in [0.2, 0.25) is 0 Å². The summed E-state index contributed by atoms with van der Waals surface area (Å²) < 4.78 is 13.6. The van der Waals surface area contributed by atoms with Crippen LogP contribution in [-0.4, -0.2) is 0 Å². The summed E-state index contributed by atoms with van der Waals surface area (Å²) in [6.45, 7) is 2.71. The van der Waals surface area contributed by atoms with E-state index in [1.807, 2.05) is 24.3 Å². The van der Waals surface area contributed by atoms with Gasteiger partial charge in [-0.1, -0.05) is 18.2 Å². The molecule has 0 aliphatic rings. The first kappa shape index (κ1) is 14.7. The zero-order chi connectivity index (χ0) is 14.5. The van der Waals surface area contributed by atoms with E-state index < -0.39 is 0 Å². The van der Waals surface area contributed by atoms with Crippen molar-refractivity contribution in [2.45, 2.75) is 19.5 Å². The van der Waals surface area contributed by atoms with E-state index in [-0.39, 0.29) is 11.9 Å². The summed E-state index contributed by atoms with van der Waals surface area (Å²) in [5, 5.41) is 12.1. The Bertz CT molecular complexity index is 632. The fourth-order valence-electron chi connectivity index (χ4n) is 1.88. The molecular weight excluding hydrogens is 319 g/mol. The van der Waals surface area contributed by atoms with E-state index in [1.54, 1.807) is 12.1 Å². The lowest BCUT2D eigenvalue weighted by atomic mass is 10.1. The van der Waals surface area contributed by atoms with Gasteiger partial charge in [-0.25, -0.2) is 4.39 Å². The molecule has 0 spiro atoms. The summed E-state index contributed by atoms with van der Waals surface area (Å²) in [7, 11) is 0. The van der Waals surface area contributed by atoms with Crippen molar-refractivity contribution >= 4 is 15.9 Å². The highest BCUT2D eigenvalue weighted by Gasteiger charge is 2.06. The highest BCUT2D eigenvalue weighted by atomic mass is 79.9. The molecular formula is C16H14BrFN2. The third kappa shape index (κ3) is 3.66. The van der Waals surface area contributed by atoms with Gasteiger partial charge < -0.3 is 5.32 Å². The van der Waals surface area contributed by atoms with Gasteiger partial charge in [-0.3, -0.25) is 0 Å². The summed E-state index contributed by atoms with van der Waals surface area (Å²) in [6.07, 6.45) is 0. The molecule has 2 aromatic rings. The van der Waals surface area contributed by atoms with Crippen LogP contribution in [-0.2, 0) is 6.54 Å². The van der Waals surface area contributed by atoms with Crippen molar-refractivity contribution < 1.29 is 4.39 Å². The molecule has 2 aromatic carbocycles. The lowest BCUT2D eigenvalue weighted by molar-refractivity contribution is 0.572. The van der Waals surface area contributed by atoms with Crippen LogP contribution in [0, 0.1) is 17.1 Å². The lowest BCUT2D eigenvalue weighted by Gasteiger charge is -2.14. The summed E-state index contributed by atoms with van der Waals surface area (Å²) >= 11 is 3.18. The minimum Gasteiger partial charge on any atom is -0.306 e. The van der Waals surface area contributed by atoms with E-state index >= 15 is 0 Å². The molecule has 0 radical (unpaired) electrons. The Morgan fingerprint density at radius 1 is 1.25 bits per heavy atom. The molecule has 1 unspecified atom stereocenters. The lowest BCUT2D eigenvalue weighted by Crippen LogP contribution is -2.18. The second-order valence-corrected chi connectivity index (χ2v) is 5.44. The Morgan fingerprint density at radius 3 is 2.55 bits per heavy atom. The minimum atomic E-state index is -0.256. The molecule has 4 heteroatoms. The molecule has 20 heavy (non-hydrogen) atoms. The molecule has 0 saturated heterocycles. The maximum Gasteiger partial charge on any atom is 0.137 e. The zero-order valence-corrected chi connectivity index (χ0v) is 12.6. The molecule has 1 N–H and O–H groups in total. The van der Waals surface area contributed by atoms with Crippen molar-refractivity contribution in [3.8, 4) is 6.07 Å². The van der Waals surface area contributed by atoms with Crippen LogP contribution in [0.3, 0.4) is 0 Å². The molecule has 0 amide bonds. The summed E-state index contributed by atoms with van der Waals surface area (Å²) in [5.41, 5.74) is 2.78. The second kappa shape index (κ2) is 6.65. The molecule has 2 rings (SSSR count). The number of benzene rings is 2. The zero-order valence-electron chi connectivity index (χ0n) is 11.0. The average Bonchev–Trinajstić information content (AvgIpc) is 2.48. The third-order valence-corrected chi connectivity index (χ3v) is 3.74.